The first-order chi connectivity index (χ1) is 12.4. The normalized spacial score (nSPS) is 21.1. The quantitative estimate of drug-likeness (QED) is 0.418. The van der Waals surface area contributed by atoms with E-state index in [0.717, 1.165) is 51.4 Å². The van der Waals surface area contributed by atoms with Crippen LogP contribution in [0.3, 0.4) is 0 Å². The lowest BCUT2D eigenvalue weighted by atomic mass is 9.91. The topological polar surface area (TPSA) is 89.5 Å². The molecule has 2 saturated carbocycles. The smallest absolute Gasteiger partial charge is 0.267 e. The van der Waals surface area contributed by atoms with Gasteiger partial charge in [-0.2, -0.15) is 8.42 Å². The van der Waals surface area contributed by atoms with E-state index in [2.05, 4.69) is 4.72 Å². The Hall–Kier alpha value is -0.180. The molecule has 2 fully saturated rings. The lowest BCUT2D eigenvalue weighted by Crippen LogP contribution is -2.31. The van der Waals surface area contributed by atoms with E-state index in [1.807, 2.05) is 0 Å². The van der Waals surface area contributed by atoms with Crippen molar-refractivity contribution in [3.63, 3.8) is 0 Å². The lowest BCUT2D eigenvalue weighted by molar-refractivity contribution is 0.297. The average molecular weight is 410 g/mol. The maximum absolute atomic E-state index is 12.1. The van der Waals surface area contributed by atoms with E-state index in [1.54, 1.807) is 0 Å². The summed E-state index contributed by atoms with van der Waals surface area (Å²) < 4.78 is 55.8. The van der Waals surface area contributed by atoms with Crippen molar-refractivity contribution < 1.29 is 21.0 Å². The molecule has 0 spiro atoms. The molecule has 0 aromatic rings. The van der Waals surface area contributed by atoms with Gasteiger partial charge < -0.3 is 0 Å². The molecular weight excluding hydrogens is 374 g/mol. The highest BCUT2D eigenvalue weighted by Crippen LogP contribution is 2.25. The molecule has 0 atom stereocenters. The van der Waals surface area contributed by atoms with Crippen LogP contribution >= 0.6 is 0 Å². The Morgan fingerprint density at radius 1 is 0.731 bits per heavy atom. The van der Waals surface area contributed by atoms with Crippen LogP contribution in [0.4, 0.5) is 0 Å². The molecule has 0 bridgehead atoms. The van der Waals surface area contributed by atoms with Crippen molar-refractivity contribution in [3.8, 4) is 0 Å². The fraction of sp³-hybridized carbons (Fsp3) is 1.00. The summed E-state index contributed by atoms with van der Waals surface area (Å²) >= 11 is 0. The van der Waals surface area contributed by atoms with Crippen molar-refractivity contribution in [2.75, 3.05) is 24.7 Å². The first-order valence-electron chi connectivity index (χ1n) is 10.2. The Bertz CT molecular complexity index is 537. The van der Waals surface area contributed by atoms with Gasteiger partial charge in [0.25, 0.3) is 10.1 Å². The highest BCUT2D eigenvalue weighted by molar-refractivity contribution is 7.89. The highest BCUT2D eigenvalue weighted by Gasteiger charge is 2.22. The van der Waals surface area contributed by atoms with Crippen LogP contribution in [0.25, 0.3) is 0 Å². The van der Waals surface area contributed by atoms with E-state index >= 15 is 0 Å². The second kappa shape index (κ2) is 11.0. The summed E-state index contributed by atoms with van der Waals surface area (Å²) in [5, 5.41) is 0. The Balaban J connectivity index is 1.55. The first-order valence-corrected chi connectivity index (χ1v) is 13.4. The summed E-state index contributed by atoms with van der Waals surface area (Å²) in [6, 6.07) is 0. The number of sulfonamides is 1. The van der Waals surface area contributed by atoms with Gasteiger partial charge in [-0.1, -0.05) is 38.5 Å². The van der Waals surface area contributed by atoms with Gasteiger partial charge in [0.05, 0.1) is 18.1 Å². The summed E-state index contributed by atoms with van der Waals surface area (Å²) in [6.07, 6.45) is 12.0. The minimum atomic E-state index is -3.45. The largest absolute Gasteiger partial charge is 0.270 e. The molecule has 0 heterocycles. The van der Waals surface area contributed by atoms with Crippen molar-refractivity contribution in [1.82, 2.24) is 4.72 Å². The zero-order valence-corrected chi connectivity index (χ0v) is 17.5. The van der Waals surface area contributed by atoms with Crippen LogP contribution < -0.4 is 4.72 Å². The third kappa shape index (κ3) is 9.15. The van der Waals surface area contributed by atoms with E-state index in [9.17, 15) is 16.8 Å². The monoisotopic (exact) mass is 409 g/mol. The number of hydrogen-bond acceptors (Lipinski definition) is 5. The van der Waals surface area contributed by atoms with Crippen molar-refractivity contribution >= 4 is 20.1 Å². The van der Waals surface area contributed by atoms with E-state index in [1.165, 1.54) is 12.8 Å². The second-order valence-corrected chi connectivity index (χ2v) is 11.5. The van der Waals surface area contributed by atoms with Crippen LogP contribution in [0.2, 0.25) is 0 Å². The summed E-state index contributed by atoms with van der Waals surface area (Å²) in [7, 11) is -6.68. The van der Waals surface area contributed by atoms with Crippen LogP contribution in [0.1, 0.15) is 77.0 Å². The molecule has 0 aliphatic heterocycles. The minimum absolute atomic E-state index is 0.126. The van der Waals surface area contributed by atoms with Crippen molar-refractivity contribution in [2.45, 2.75) is 77.0 Å². The van der Waals surface area contributed by atoms with E-state index in [0.29, 0.717) is 19.4 Å². The third-order valence-electron chi connectivity index (χ3n) is 5.50. The fourth-order valence-electron chi connectivity index (χ4n) is 4.05. The molecule has 0 aromatic heterocycles. The van der Waals surface area contributed by atoms with Gasteiger partial charge >= 0.3 is 0 Å². The number of unbranched alkanes of at least 4 members (excludes halogenated alkanes) is 1. The molecule has 0 saturated heterocycles. The molecule has 0 aromatic carbocycles. The molecule has 2 rings (SSSR count). The van der Waals surface area contributed by atoms with Crippen molar-refractivity contribution in [1.29, 1.82) is 0 Å². The molecule has 0 unspecified atom stereocenters. The van der Waals surface area contributed by atoms with E-state index in [-0.39, 0.29) is 29.9 Å². The second-order valence-electron chi connectivity index (χ2n) is 7.94. The molecule has 0 amide bonds. The Kier molecular flexibility index (Phi) is 9.33. The number of hydrogen-bond donors (Lipinski definition) is 1. The highest BCUT2D eigenvalue weighted by atomic mass is 32.2. The van der Waals surface area contributed by atoms with E-state index in [4.69, 9.17) is 4.18 Å². The zero-order chi connectivity index (χ0) is 18.9. The molecule has 8 heteroatoms. The molecule has 2 aliphatic carbocycles. The molecule has 26 heavy (non-hydrogen) atoms. The summed E-state index contributed by atoms with van der Waals surface area (Å²) in [4.78, 5) is 0. The van der Waals surface area contributed by atoms with Crippen LogP contribution in [-0.2, 0) is 24.3 Å². The van der Waals surface area contributed by atoms with Crippen LogP contribution in [0.15, 0.2) is 0 Å². The molecule has 1 N–H and O–H groups in total. The van der Waals surface area contributed by atoms with Gasteiger partial charge in [-0.25, -0.2) is 13.1 Å². The van der Waals surface area contributed by atoms with Crippen LogP contribution in [0.5, 0.6) is 0 Å². The summed E-state index contributed by atoms with van der Waals surface area (Å²) in [5.41, 5.74) is 0. The van der Waals surface area contributed by atoms with Crippen LogP contribution in [-0.4, -0.2) is 41.5 Å². The number of nitrogens with one attached hydrogen (secondary N) is 1. The lowest BCUT2D eigenvalue weighted by Gasteiger charge is -2.21. The van der Waals surface area contributed by atoms with Crippen molar-refractivity contribution in [3.05, 3.63) is 0 Å². The van der Waals surface area contributed by atoms with Gasteiger partial charge in [-0.3, -0.25) is 4.18 Å². The van der Waals surface area contributed by atoms with Crippen molar-refractivity contribution in [2.24, 2.45) is 11.8 Å². The predicted octanol–water partition coefficient (Wildman–Crippen LogP) is 3.19. The van der Waals surface area contributed by atoms with E-state index < -0.39 is 20.1 Å². The standard InChI is InChI=1S/C18H35NO5S2/c20-25(21,15-17-9-3-1-4-10-17)19-13-7-8-14-24-26(22,23)16-18-11-5-2-6-12-18/h17-19H,1-16H2. The molecule has 0 radical (unpaired) electrons. The average Bonchev–Trinajstić information content (AvgIpc) is 2.59. The maximum Gasteiger partial charge on any atom is 0.267 e. The Morgan fingerprint density at radius 2 is 1.27 bits per heavy atom. The fourth-order valence-corrected chi connectivity index (χ4v) is 6.96. The van der Waals surface area contributed by atoms with Gasteiger partial charge in [0.2, 0.25) is 10.0 Å². The molecule has 154 valence electrons. The first kappa shape index (κ1) is 22.1. The maximum atomic E-state index is 12.1. The van der Waals surface area contributed by atoms with Gasteiger partial charge in [-0.15, -0.1) is 0 Å². The number of rotatable bonds is 11. The summed E-state index contributed by atoms with van der Waals surface area (Å²) in [5.74, 6) is 0.871. The predicted molar refractivity (Wildman–Crippen MR) is 104 cm³/mol. The summed E-state index contributed by atoms with van der Waals surface area (Å²) in [6.45, 7) is 0.487. The van der Waals surface area contributed by atoms with Crippen LogP contribution in [0, 0.1) is 11.8 Å². The van der Waals surface area contributed by atoms with Gasteiger partial charge in [0.15, 0.2) is 0 Å². The Morgan fingerprint density at radius 3 is 1.85 bits per heavy atom. The third-order valence-corrected chi connectivity index (χ3v) is 8.46. The van der Waals surface area contributed by atoms with Gasteiger partial charge in [0.1, 0.15) is 0 Å². The molecule has 6 nitrogen and oxygen atoms in total. The Labute approximate surface area is 159 Å². The molecule has 2 aliphatic rings. The van der Waals surface area contributed by atoms with Gasteiger partial charge in [-0.05, 0) is 50.4 Å². The van der Waals surface area contributed by atoms with Gasteiger partial charge in [0, 0.05) is 6.54 Å². The SMILES string of the molecule is O=S(=O)(CC1CCCCC1)NCCCCOS(=O)(=O)CC1CCCCC1. The minimum Gasteiger partial charge on any atom is -0.270 e. The molecular formula is C18H35NO5S2. The zero-order valence-electron chi connectivity index (χ0n) is 15.8.